The van der Waals surface area contributed by atoms with Gasteiger partial charge in [0, 0.05) is 0 Å². The van der Waals surface area contributed by atoms with Crippen LogP contribution in [0.3, 0.4) is 0 Å². The third-order valence-electron chi connectivity index (χ3n) is 1.56. The molecular formula is C6H11BrMg. The zero-order valence-corrected chi connectivity index (χ0v) is 8.41. The Morgan fingerprint density at radius 1 is 1.38 bits per heavy atom. The van der Waals surface area contributed by atoms with E-state index in [0.29, 0.717) is 0 Å². The smallest absolute Gasteiger partial charge is 1.00 e. The van der Waals surface area contributed by atoms with Gasteiger partial charge in [0.05, 0.1) is 0 Å². The fourth-order valence-electron chi connectivity index (χ4n) is 0.780. The van der Waals surface area contributed by atoms with Gasteiger partial charge in [0.15, 0.2) is 0 Å². The molecule has 0 aliphatic heterocycles. The summed E-state index contributed by atoms with van der Waals surface area (Å²) in [5.74, 6) is 1.77. The van der Waals surface area contributed by atoms with Crippen LogP contribution in [0.25, 0.3) is 0 Å². The quantitative estimate of drug-likeness (QED) is 0.356. The molecule has 0 nitrogen and oxygen atoms in total. The maximum Gasteiger partial charge on any atom is 2.00 e. The van der Waals surface area contributed by atoms with Gasteiger partial charge in [-0.1, -0.05) is 6.92 Å². The summed E-state index contributed by atoms with van der Waals surface area (Å²) in [6.07, 6.45) is 5.65. The first-order chi connectivity index (χ1) is 2.93. The Hall–Kier alpha value is 1.25. The van der Waals surface area contributed by atoms with Crippen molar-refractivity contribution in [1.82, 2.24) is 0 Å². The van der Waals surface area contributed by atoms with Crippen LogP contribution >= 0.6 is 0 Å². The third-order valence-corrected chi connectivity index (χ3v) is 1.56. The maximum absolute atomic E-state index is 2.24. The molecule has 0 heterocycles. The summed E-state index contributed by atoms with van der Waals surface area (Å²) in [5, 5.41) is 0. The summed E-state index contributed by atoms with van der Waals surface area (Å²) in [6.45, 7) is 2.24. The molecule has 0 aromatic heterocycles. The van der Waals surface area contributed by atoms with Crippen molar-refractivity contribution in [2.75, 3.05) is 0 Å². The number of rotatable bonds is 1. The first kappa shape index (κ1) is 12.0. The number of halogens is 1. The van der Waals surface area contributed by atoms with Gasteiger partial charge in [0.25, 0.3) is 0 Å². The molecule has 1 fully saturated rings. The second kappa shape index (κ2) is 6.37. The van der Waals surface area contributed by atoms with Crippen molar-refractivity contribution in [3.8, 4) is 0 Å². The van der Waals surface area contributed by atoms with E-state index in [-0.39, 0.29) is 40.0 Å². The average Bonchev–Trinajstić information content (AvgIpc) is 1.31. The predicted molar refractivity (Wildman–Crippen MR) is 33.1 cm³/mol. The van der Waals surface area contributed by atoms with Crippen LogP contribution in [0.2, 0.25) is 0 Å². The van der Waals surface area contributed by atoms with E-state index in [2.05, 4.69) is 6.92 Å². The minimum Gasteiger partial charge on any atom is -1.00 e. The van der Waals surface area contributed by atoms with Crippen LogP contribution in [-0.2, 0) is 0 Å². The van der Waals surface area contributed by atoms with Crippen molar-refractivity contribution < 1.29 is 17.0 Å². The van der Waals surface area contributed by atoms with Crippen LogP contribution in [0.4, 0.5) is 0 Å². The zero-order chi connectivity index (χ0) is 4.41. The molecule has 0 unspecified atom stereocenters. The zero-order valence-electron chi connectivity index (χ0n) is 5.41. The van der Waals surface area contributed by atoms with Gasteiger partial charge in [0.1, 0.15) is 0 Å². The van der Waals surface area contributed by atoms with E-state index in [4.69, 9.17) is 0 Å². The van der Waals surface area contributed by atoms with Gasteiger partial charge in [0.2, 0.25) is 0 Å². The van der Waals surface area contributed by atoms with Crippen molar-refractivity contribution >= 4 is 23.1 Å². The molecule has 0 saturated heterocycles. The van der Waals surface area contributed by atoms with E-state index >= 15 is 0 Å². The largest absolute Gasteiger partial charge is 2.00 e. The van der Waals surface area contributed by atoms with E-state index in [1.165, 1.54) is 25.7 Å². The summed E-state index contributed by atoms with van der Waals surface area (Å²) in [4.78, 5) is 0. The Morgan fingerprint density at radius 3 is 1.88 bits per heavy atom. The van der Waals surface area contributed by atoms with E-state index in [9.17, 15) is 0 Å². The first-order valence-corrected chi connectivity index (χ1v) is 2.77. The average molecular weight is 187 g/mol. The standard InChI is InChI=1S/C6H11.BrH.Mg/c1-2-6-4-3-5-6;;/h2-5H2,1H3;1H;/q-1;;+2/p-1. The maximum atomic E-state index is 2.24. The van der Waals surface area contributed by atoms with Gasteiger partial charge in [-0.2, -0.15) is 19.3 Å². The van der Waals surface area contributed by atoms with E-state index in [1.807, 2.05) is 0 Å². The van der Waals surface area contributed by atoms with Crippen LogP contribution < -0.4 is 17.0 Å². The number of hydrogen-bond acceptors (Lipinski definition) is 0. The van der Waals surface area contributed by atoms with E-state index in [1.54, 1.807) is 5.92 Å². The van der Waals surface area contributed by atoms with Crippen LogP contribution in [-0.4, -0.2) is 23.1 Å². The monoisotopic (exact) mass is 186 g/mol. The minimum absolute atomic E-state index is 0. The van der Waals surface area contributed by atoms with Crippen LogP contribution in [0, 0.1) is 5.92 Å². The Bertz CT molecular complexity index is 41.0. The molecule has 8 heavy (non-hydrogen) atoms. The molecule has 0 radical (unpaired) electrons. The van der Waals surface area contributed by atoms with Crippen LogP contribution in [0.15, 0.2) is 0 Å². The van der Waals surface area contributed by atoms with Gasteiger partial charge in [-0.25, -0.2) is 0 Å². The van der Waals surface area contributed by atoms with Gasteiger partial charge in [-0.15, -0.1) is 6.42 Å². The molecule has 1 saturated carbocycles. The third kappa shape index (κ3) is 3.31. The van der Waals surface area contributed by atoms with Crippen molar-refractivity contribution in [1.29, 1.82) is 0 Å². The van der Waals surface area contributed by atoms with Crippen molar-refractivity contribution in [2.24, 2.45) is 0 Å². The minimum atomic E-state index is 0. The van der Waals surface area contributed by atoms with Crippen molar-refractivity contribution in [3.05, 3.63) is 5.92 Å². The number of hydrogen-bond donors (Lipinski definition) is 0. The fourth-order valence-corrected chi connectivity index (χ4v) is 0.780. The summed E-state index contributed by atoms with van der Waals surface area (Å²) < 4.78 is 0. The molecule has 1 rings (SSSR count). The molecule has 0 N–H and O–H groups in total. The molecule has 44 valence electrons. The molecule has 2 heteroatoms. The van der Waals surface area contributed by atoms with Crippen LogP contribution in [0.5, 0.6) is 0 Å². The van der Waals surface area contributed by atoms with Crippen molar-refractivity contribution in [3.63, 3.8) is 0 Å². The normalized spacial score (nSPS) is 17.6. The second-order valence-corrected chi connectivity index (χ2v) is 1.96. The summed E-state index contributed by atoms with van der Waals surface area (Å²) in [6, 6.07) is 0. The molecule has 0 spiro atoms. The van der Waals surface area contributed by atoms with Crippen LogP contribution in [0.1, 0.15) is 32.6 Å². The molecule has 0 bridgehead atoms. The molecule has 1 aliphatic rings. The van der Waals surface area contributed by atoms with Crippen molar-refractivity contribution in [2.45, 2.75) is 32.6 Å². The summed E-state index contributed by atoms with van der Waals surface area (Å²) >= 11 is 0. The molecular weight excluding hydrogens is 176 g/mol. The predicted octanol–water partition coefficient (Wildman–Crippen LogP) is -1.22. The molecule has 0 aromatic carbocycles. The molecule has 1 aliphatic carbocycles. The Balaban J connectivity index is 0. The van der Waals surface area contributed by atoms with Gasteiger partial charge in [-0.05, 0) is 0 Å². The first-order valence-electron chi connectivity index (χ1n) is 2.77. The topological polar surface area (TPSA) is 0 Å². The molecule has 0 atom stereocenters. The Kier molecular flexibility index (Phi) is 9.53. The SMILES string of the molecule is CC[C-]1CCC1.[Br-].[Mg+2]. The fraction of sp³-hybridized carbons (Fsp3) is 0.833. The van der Waals surface area contributed by atoms with E-state index in [0.717, 1.165) is 0 Å². The van der Waals surface area contributed by atoms with E-state index < -0.39 is 0 Å². The Morgan fingerprint density at radius 2 is 1.88 bits per heavy atom. The molecule has 0 aromatic rings. The summed E-state index contributed by atoms with van der Waals surface area (Å²) in [7, 11) is 0. The van der Waals surface area contributed by atoms with Gasteiger partial charge in [-0.3, -0.25) is 0 Å². The van der Waals surface area contributed by atoms with Gasteiger partial charge < -0.3 is 22.9 Å². The van der Waals surface area contributed by atoms with Gasteiger partial charge >= 0.3 is 23.1 Å². The molecule has 0 amide bonds. The Labute approximate surface area is 78.3 Å². The summed E-state index contributed by atoms with van der Waals surface area (Å²) in [5.41, 5.74) is 0. The second-order valence-electron chi connectivity index (χ2n) is 1.96.